The van der Waals surface area contributed by atoms with Crippen molar-refractivity contribution < 1.29 is 14.0 Å². The number of likely N-dealkylation sites (tertiary alicyclic amines) is 1. The molecule has 1 aliphatic heterocycles. The molecular weight excluding hydrogens is 371 g/mol. The Morgan fingerprint density at radius 3 is 2.48 bits per heavy atom. The van der Waals surface area contributed by atoms with Crippen molar-refractivity contribution in [3.8, 4) is 0 Å². The number of nitrogens with one attached hydrogen (secondary N) is 3. The van der Waals surface area contributed by atoms with Gasteiger partial charge in [-0.2, -0.15) is 0 Å². The van der Waals surface area contributed by atoms with Gasteiger partial charge in [0.05, 0.1) is 0 Å². The second-order valence-corrected chi connectivity index (χ2v) is 7.30. The monoisotopic (exact) mass is 398 g/mol. The third-order valence-electron chi connectivity index (χ3n) is 4.54. The van der Waals surface area contributed by atoms with E-state index in [4.69, 9.17) is 11.6 Å². The van der Waals surface area contributed by atoms with E-state index in [-0.39, 0.29) is 24.4 Å². The lowest BCUT2D eigenvalue weighted by atomic mass is 10.1. The van der Waals surface area contributed by atoms with Crippen LogP contribution in [0.15, 0.2) is 12.1 Å². The van der Waals surface area contributed by atoms with Gasteiger partial charge in [-0.25, -0.2) is 14.0 Å². The number of rotatable bonds is 3. The maximum absolute atomic E-state index is 13.7. The molecule has 1 heterocycles. The maximum atomic E-state index is 13.7. The topological polar surface area (TPSA) is 73.5 Å². The lowest BCUT2D eigenvalue weighted by molar-refractivity contribution is 0.186. The number of carbonyl (C=O) groups excluding carboxylic acids is 2. The molecular formula is C19H28ClFN4O2. The van der Waals surface area contributed by atoms with Crippen molar-refractivity contribution in [2.45, 2.75) is 51.6 Å². The van der Waals surface area contributed by atoms with Gasteiger partial charge < -0.3 is 20.9 Å². The van der Waals surface area contributed by atoms with E-state index in [0.29, 0.717) is 16.6 Å². The predicted octanol–water partition coefficient (Wildman–Crippen LogP) is 3.56. The highest BCUT2D eigenvalue weighted by Gasteiger charge is 2.22. The molecule has 1 saturated carbocycles. The molecule has 1 aromatic carbocycles. The zero-order valence-electron chi connectivity index (χ0n) is 15.9. The summed E-state index contributed by atoms with van der Waals surface area (Å²) in [6.45, 7) is 3.58. The van der Waals surface area contributed by atoms with Crippen LogP contribution >= 0.6 is 11.6 Å². The van der Waals surface area contributed by atoms with Crippen LogP contribution in [0.3, 0.4) is 0 Å². The number of hydrogen-bond donors (Lipinski definition) is 3. The Kier molecular flexibility index (Phi) is 8.16. The average Bonchev–Trinajstić information content (AvgIpc) is 3.48. The quantitative estimate of drug-likeness (QED) is 0.728. The van der Waals surface area contributed by atoms with Crippen LogP contribution in [-0.2, 0) is 6.54 Å². The van der Waals surface area contributed by atoms with E-state index in [1.165, 1.54) is 12.5 Å². The molecule has 2 fully saturated rings. The molecule has 150 valence electrons. The number of hydrogen-bond acceptors (Lipinski definition) is 2. The predicted molar refractivity (Wildman–Crippen MR) is 104 cm³/mol. The number of carbonyl (C=O) groups is 2. The van der Waals surface area contributed by atoms with E-state index in [1.54, 1.807) is 18.0 Å². The summed E-state index contributed by atoms with van der Waals surface area (Å²) in [6.07, 6.45) is 5.55. The molecule has 6 nitrogen and oxygen atoms in total. The molecule has 1 aliphatic carbocycles. The molecule has 27 heavy (non-hydrogen) atoms. The maximum Gasteiger partial charge on any atom is 0.317 e. The zero-order valence-corrected chi connectivity index (χ0v) is 16.7. The van der Waals surface area contributed by atoms with Crippen LogP contribution in [0, 0.1) is 12.7 Å². The van der Waals surface area contributed by atoms with Crippen LogP contribution in [-0.4, -0.2) is 43.1 Å². The molecule has 0 spiro atoms. The molecule has 3 rings (SSSR count). The zero-order chi connectivity index (χ0) is 19.8. The van der Waals surface area contributed by atoms with Gasteiger partial charge in [-0.15, -0.1) is 0 Å². The highest BCUT2D eigenvalue weighted by molar-refractivity contribution is 6.31. The Labute approximate surface area is 164 Å². The van der Waals surface area contributed by atoms with Gasteiger partial charge in [-0.3, -0.25) is 0 Å². The van der Waals surface area contributed by atoms with E-state index in [9.17, 15) is 14.0 Å². The molecule has 3 N–H and O–H groups in total. The first-order chi connectivity index (χ1) is 12.9. The highest BCUT2D eigenvalue weighted by atomic mass is 35.5. The van der Waals surface area contributed by atoms with E-state index < -0.39 is 0 Å². The van der Waals surface area contributed by atoms with Gasteiger partial charge in [-0.05, 0) is 56.7 Å². The van der Waals surface area contributed by atoms with Gasteiger partial charge in [-0.1, -0.05) is 11.6 Å². The van der Waals surface area contributed by atoms with Crippen LogP contribution in [0.2, 0.25) is 5.02 Å². The number of piperidine rings is 1. The fourth-order valence-corrected chi connectivity index (χ4v) is 2.87. The Morgan fingerprint density at radius 1 is 1.22 bits per heavy atom. The minimum atomic E-state index is -0.380. The first-order valence-corrected chi connectivity index (χ1v) is 9.74. The van der Waals surface area contributed by atoms with E-state index >= 15 is 0 Å². The lowest BCUT2D eigenvalue weighted by Gasteiger charge is -2.26. The summed E-state index contributed by atoms with van der Waals surface area (Å²) >= 11 is 5.83. The molecule has 8 heteroatoms. The minimum Gasteiger partial charge on any atom is -0.341 e. The first kappa shape index (κ1) is 21.3. The Bertz CT molecular complexity index is 661. The van der Waals surface area contributed by atoms with Crippen molar-refractivity contribution in [3.05, 3.63) is 34.1 Å². The van der Waals surface area contributed by atoms with Gasteiger partial charge in [0.1, 0.15) is 5.82 Å². The highest BCUT2D eigenvalue weighted by Crippen LogP contribution is 2.20. The molecule has 1 aromatic rings. The molecule has 0 atom stereocenters. The van der Waals surface area contributed by atoms with Crippen LogP contribution in [0.5, 0.6) is 0 Å². The number of amides is 4. The lowest BCUT2D eigenvalue weighted by Crippen LogP contribution is -2.42. The first-order valence-electron chi connectivity index (χ1n) is 9.36. The smallest absolute Gasteiger partial charge is 0.317 e. The number of halogens is 2. The van der Waals surface area contributed by atoms with Crippen molar-refractivity contribution in [1.82, 2.24) is 20.9 Å². The largest absolute Gasteiger partial charge is 0.341 e. The van der Waals surface area contributed by atoms with Gasteiger partial charge in [0.2, 0.25) is 0 Å². The van der Waals surface area contributed by atoms with Crippen molar-refractivity contribution in [1.29, 1.82) is 0 Å². The average molecular weight is 399 g/mol. The van der Waals surface area contributed by atoms with Crippen LogP contribution < -0.4 is 16.0 Å². The molecule has 1 saturated heterocycles. The van der Waals surface area contributed by atoms with Crippen LogP contribution in [0.25, 0.3) is 0 Å². The fraction of sp³-hybridized carbons (Fsp3) is 0.579. The van der Waals surface area contributed by atoms with Crippen LogP contribution in [0.1, 0.15) is 43.2 Å². The molecule has 0 unspecified atom stereocenters. The summed E-state index contributed by atoms with van der Waals surface area (Å²) in [7, 11) is 1.62. The normalized spacial score (nSPS) is 16.1. The third kappa shape index (κ3) is 7.25. The summed E-state index contributed by atoms with van der Waals surface area (Å²) in [5, 5.41) is 8.41. The second kappa shape index (κ2) is 10.3. The Hall–Kier alpha value is -2.02. The van der Waals surface area contributed by atoms with Gasteiger partial charge in [0, 0.05) is 43.3 Å². The second-order valence-electron chi connectivity index (χ2n) is 6.90. The molecule has 4 amide bonds. The van der Waals surface area contributed by atoms with E-state index in [0.717, 1.165) is 44.3 Å². The van der Waals surface area contributed by atoms with E-state index in [2.05, 4.69) is 16.0 Å². The number of nitrogens with zero attached hydrogens (tertiary/aromatic N) is 1. The van der Waals surface area contributed by atoms with Crippen molar-refractivity contribution in [3.63, 3.8) is 0 Å². The number of benzene rings is 1. The SMILES string of the molecule is CNC(=O)NC1CC1.Cc1cc(CNC(=O)N2CCCCC2)c(F)cc1Cl. The Morgan fingerprint density at radius 2 is 1.89 bits per heavy atom. The summed E-state index contributed by atoms with van der Waals surface area (Å²) in [5.74, 6) is -0.380. The Balaban J connectivity index is 0.000000273. The minimum absolute atomic E-state index is 0.0625. The molecule has 0 bridgehead atoms. The van der Waals surface area contributed by atoms with Gasteiger partial charge in [0.15, 0.2) is 0 Å². The van der Waals surface area contributed by atoms with Crippen molar-refractivity contribution in [2.75, 3.05) is 20.1 Å². The van der Waals surface area contributed by atoms with E-state index in [1.807, 2.05) is 6.92 Å². The van der Waals surface area contributed by atoms with Crippen molar-refractivity contribution >= 4 is 23.7 Å². The third-order valence-corrected chi connectivity index (χ3v) is 4.95. The van der Waals surface area contributed by atoms with Gasteiger partial charge in [0.25, 0.3) is 0 Å². The molecule has 0 aromatic heterocycles. The standard InChI is InChI=1S/C14H18ClFN2O.C5H10N2O/c1-10-7-11(13(16)8-12(10)15)9-17-14(19)18-5-3-2-4-6-18;1-6-5(8)7-4-2-3-4/h7-8H,2-6,9H2,1H3,(H,17,19);4H,2-3H2,1H3,(H2,6,7,8). The molecule has 0 radical (unpaired) electrons. The number of urea groups is 2. The summed E-state index contributed by atoms with van der Waals surface area (Å²) < 4.78 is 13.7. The summed E-state index contributed by atoms with van der Waals surface area (Å²) in [6, 6.07) is 3.25. The van der Waals surface area contributed by atoms with Crippen molar-refractivity contribution in [2.24, 2.45) is 0 Å². The van der Waals surface area contributed by atoms with Crippen LogP contribution in [0.4, 0.5) is 14.0 Å². The molecule has 2 aliphatic rings. The summed E-state index contributed by atoms with van der Waals surface area (Å²) in [5.41, 5.74) is 1.28. The fourth-order valence-electron chi connectivity index (χ4n) is 2.72. The van der Waals surface area contributed by atoms with Gasteiger partial charge >= 0.3 is 12.1 Å². The number of aryl methyl sites for hydroxylation is 1. The summed E-state index contributed by atoms with van der Waals surface area (Å²) in [4.78, 5) is 24.1.